The van der Waals surface area contributed by atoms with Gasteiger partial charge in [0.15, 0.2) is 0 Å². The van der Waals surface area contributed by atoms with Gasteiger partial charge in [0.1, 0.15) is 29.2 Å². The first-order valence-electron chi connectivity index (χ1n) is 14.0. The SMILES string of the molecule is CN1C(=O)c2cc(NS(=O)(=O)c3ccccc3F)ccc2OC[C@H]2O[C@@H](CC(=O)NC3Cc4ccccc4C3)CC[C@H]21. The molecule has 2 heterocycles. The summed E-state index contributed by atoms with van der Waals surface area (Å²) in [7, 11) is -2.54. The highest BCUT2D eigenvalue weighted by molar-refractivity contribution is 7.92. The second kappa shape index (κ2) is 11.4. The Labute approximate surface area is 244 Å². The molecule has 2 N–H and O–H groups in total. The second-order valence-electron chi connectivity index (χ2n) is 11.1. The van der Waals surface area contributed by atoms with Crippen LogP contribution in [0.1, 0.15) is 40.7 Å². The fraction of sp³-hybridized carbons (Fsp3) is 0.355. The number of fused-ring (bicyclic) bond motifs is 3. The maximum absolute atomic E-state index is 14.1. The van der Waals surface area contributed by atoms with Crippen molar-refractivity contribution in [3.05, 3.63) is 89.2 Å². The number of hydrogen-bond donors (Lipinski definition) is 2. The van der Waals surface area contributed by atoms with Gasteiger partial charge in [-0.05, 0) is 67.1 Å². The van der Waals surface area contributed by atoms with Crippen molar-refractivity contribution in [2.24, 2.45) is 0 Å². The van der Waals surface area contributed by atoms with Crippen LogP contribution in [0.2, 0.25) is 0 Å². The van der Waals surface area contributed by atoms with E-state index in [1.54, 1.807) is 11.9 Å². The minimum Gasteiger partial charge on any atom is -0.490 e. The van der Waals surface area contributed by atoms with Crippen LogP contribution in [0.5, 0.6) is 5.75 Å². The standard InChI is InChI=1S/C31H32FN3O6S/c1-35-26-12-11-23(17-30(36)33-22-14-19-6-2-3-7-20(19)15-22)41-28(26)18-40-27-13-10-21(16-24(27)31(35)37)34-42(38,39)29-9-5-4-8-25(29)32/h2-10,13,16,22-23,26,28,34H,11-12,14-15,17-18H2,1H3,(H,33,36)/t23-,26-,28-/m1/s1. The van der Waals surface area contributed by atoms with E-state index in [0.29, 0.717) is 12.8 Å². The molecule has 0 spiro atoms. The van der Waals surface area contributed by atoms with E-state index in [4.69, 9.17) is 9.47 Å². The van der Waals surface area contributed by atoms with Gasteiger partial charge in [-0.15, -0.1) is 0 Å². The number of likely N-dealkylation sites (N-methyl/N-ethyl adjacent to an activating group) is 1. The lowest BCUT2D eigenvalue weighted by Gasteiger charge is -2.42. The van der Waals surface area contributed by atoms with Gasteiger partial charge in [-0.3, -0.25) is 14.3 Å². The molecule has 0 bridgehead atoms. The maximum atomic E-state index is 14.1. The second-order valence-corrected chi connectivity index (χ2v) is 12.7. The first kappa shape index (κ1) is 28.2. The number of benzene rings is 3. The number of ether oxygens (including phenoxy) is 2. The summed E-state index contributed by atoms with van der Waals surface area (Å²) in [5, 5.41) is 3.15. The Morgan fingerprint density at radius 1 is 1.02 bits per heavy atom. The molecule has 9 nitrogen and oxygen atoms in total. The summed E-state index contributed by atoms with van der Waals surface area (Å²) in [5.41, 5.74) is 2.84. The van der Waals surface area contributed by atoms with Crippen LogP contribution in [0, 0.1) is 5.82 Å². The van der Waals surface area contributed by atoms with Gasteiger partial charge < -0.3 is 19.7 Å². The lowest BCUT2D eigenvalue weighted by atomic mass is 9.94. The number of carbonyl (C=O) groups is 2. The molecule has 3 aliphatic rings. The third kappa shape index (κ3) is 5.71. The smallest absolute Gasteiger partial charge is 0.264 e. The Hall–Kier alpha value is -3.96. The van der Waals surface area contributed by atoms with Crippen molar-refractivity contribution in [1.29, 1.82) is 0 Å². The molecule has 42 heavy (non-hydrogen) atoms. The third-order valence-electron chi connectivity index (χ3n) is 8.22. The minimum absolute atomic E-state index is 0.0526. The topological polar surface area (TPSA) is 114 Å². The molecular weight excluding hydrogens is 561 g/mol. The van der Waals surface area contributed by atoms with Gasteiger partial charge in [0.05, 0.1) is 24.1 Å². The van der Waals surface area contributed by atoms with Crippen LogP contribution in [-0.2, 0) is 32.4 Å². The van der Waals surface area contributed by atoms with Crippen molar-refractivity contribution in [2.45, 2.75) is 61.3 Å². The van der Waals surface area contributed by atoms with E-state index in [2.05, 4.69) is 22.2 Å². The summed E-state index contributed by atoms with van der Waals surface area (Å²) in [6, 6.07) is 17.4. The van der Waals surface area contributed by atoms with Crippen molar-refractivity contribution in [1.82, 2.24) is 10.2 Å². The summed E-state index contributed by atoms with van der Waals surface area (Å²) in [6.45, 7) is 0.158. The fourth-order valence-electron chi connectivity index (χ4n) is 6.12. The summed E-state index contributed by atoms with van der Waals surface area (Å²) in [6.07, 6.45) is 2.37. The van der Waals surface area contributed by atoms with E-state index in [-0.39, 0.29) is 60.0 Å². The average Bonchev–Trinajstić information content (AvgIpc) is 3.37. The van der Waals surface area contributed by atoms with Crippen molar-refractivity contribution in [3.63, 3.8) is 0 Å². The number of rotatable bonds is 6. The minimum atomic E-state index is -4.22. The number of halogens is 1. The Balaban J connectivity index is 1.11. The number of amides is 2. The van der Waals surface area contributed by atoms with Gasteiger partial charge in [0, 0.05) is 18.8 Å². The normalized spacial score (nSPS) is 22.2. The van der Waals surface area contributed by atoms with Crippen LogP contribution in [0.15, 0.2) is 71.6 Å². The van der Waals surface area contributed by atoms with E-state index in [0.717, 1.165) is 18.9 Å². The predicted octanol–water partition coefficient (Wildman–Crippen LogP) is 3.68. The maximum Gasteiger partial charge on any atom is 0.264 e. The van der Waals surface area contributed by atoms with Gasteiger partial charge in [0.25, 0.3) is 15.9 Å². The molecule has 220 valence electrons. The molecule has 2 amide bonds. The first-order valence-corrected chi connectivity index (χ1v) is 15.5. The fourth-order valence-corrected chi connectivity index (χ4v) is 7.25. The molecule has 2 aliphatic heterocycles. The van der Waals surface area contributed by atoms with Gasteiger partial charge in [0.2, 0.25) is 5.91 Å². The highest BCUT2D eigenvalue weighted by atomic mass is 32.2. The number of sulfonamides is 1. The van der Waals surface area contributed by atoms with Crippen molar-refractivity contribution < 1.29 is 31.9 Å². The van der Waals surface area contributed by atoms with Crippen LogP contribution < -0.4 is 14.8 Å². The highest BCUT2D eigenvalue weighted by Gasteiger charge is 2.39. The van der Waals surface area contributed by atoms with Gasteiger partial charge in [-0.1, -0.05) is 36.4 Å². The Kier molecular flexibility index (Phi) is 7.63. The predicted molar refractivity (Wildman–Crippen MR) is 153 cm³/mol. The van der Waals surface area contributed by atoms with E-state index in [1.807, 2.05) is 12.1 Å². The molecule has 0 unspecified atom stereocenters. The Morgan fingerprint density at radius 3 is 2.48 bits per heavy atom. The van der Waals surface area contributed by atoms with Crippen LogP contribution in [0.25, 0.3) is 0 Å². The molecule has 6 rings (SSSR count). The van der Waals surface area contributed by atoms with Gasteiger partial charge >= 0.3 is 0 Å². The average molecular weight is 594 g/mol. The van der Waals surface area contributed by atoms with Crippen LogP contribution >= 0.6 is 0 Å². The molecule has 3 aromatic carbocycles. The summed E-state index contributed by atoms with van der Waals surface area (Å²) in [4.78, 5) is 27.5. The zero-order chi connectivity index (χ0) is 29.4. The summed E-state index contributed by atoms with van der Waals surface area (Å²) in [5.74, 6) is -1.00. The number of nitrogens with one attached hydrogen (secondary N) is 2. The molecule has 0 radical (unpaired) electrons. The summed E-state index contributed by atoms with van der Waals surface area (Å²) < 4.78 is 54.3. The van der Waals surface area contributed by atoms with Crippen LogP contribution in [-0.4, -0.2) is 63.1 Å². The van der Waals surface area contributed by atoms with E-state index >= 15 is 0 Å². The third-order valence-corrected chi connectivity index (χ3v) is 9.63. The molecule has 0 aromatic heterocycles. The summed E-state index contributed by atoms with van der Waals surface area (Å²) >= 11 is 0. The number of anilines is 1. The zero-order valence-corrected chi connectivity index (χ0v) is 23.9. The molecule has 1 saturated heterocycles. The molecule has 1 aliphatic carbocycles. The van der Waals surface area contributed by atoms with E-state index in [9.17, 15) is 22.4 Å². The lowest BCUT2D eigenvalue weighted by molar-refractivity contribution is -0.134. The zero-order valence-electron chi connectivity index (χ0n) is 23.1. The first-order chi connectivity index (χ1) is 20.2. The van der Waals surface area contributed by atoms with Crippen LogP contribution in [0.3, 0.4) is 0 Å². The molecule has 11 heteroatoms. The van der Waals surface area contributed by atoms with Crippen molar-refractivity contribution in [2.75, 3.05) is 18.4 Å². The molecular formula is C31H32FN3O6S. The highest BCUT2D eigenvalue weighted by Crippen LogP contribution is 2.33. The van der Waals surface area contributed by atoms with Crippen molar-refractivity contribution in [3.8, 4) is 5.75 Å². The number of nitrogens with zero attached hydrogens (tertiary/aromatic N) is 1. The largest absolute Gasteiger partial charge is 0.490 e. The van der Waals surface area contributed by atoms with E-state index < -0.39 is 26.8 Å². The molecule has 3 atom stereocenters. The number of carbonyl (C=O) groups excluding carboxylic acids is 2. The van der Waals surface area contributed by atoms with Crippen molar-refractivity contribution >= 4 is 27.5 Å². The molecule has 3 aromatic rings. The monoisotopic (exact) mass is 593 g/mol. The van der Waals surface area contributed by atoms with E-state index in [1.165, 1.54) is 47.5 Å². The number of hydrogen-bond acceptors (Lipinski definition) is 6. The Morgan fingerprint density at radius 2 is 1.74 bits per heavy atom. The quantitative estimate of drug-likeness (QED) is 0.451. The molecule has 1 fully saturated rings. The molecule has 0 saturated carbocycles. The van der Waals surface area contributed by atoms with Crippen LogP contribution in [0.4, 0.5) is 10.1 Å². The Bertz CT molecular complexity index is 1610. The lowest BCUT2D eigenvalue weighted by Crippen LogP contribution is -2.54. The van der Waals surface area contributed by atoms with Gasteiger partial charge in [-0.2, -0.15) is 0 Å². The van der Waals surface area contributed by atoms with Gasteiger partial charge in [-0.25, -0.2) is 12.8 Å².